The molecule has 0 saturated carbocycles. The van der Waals surface area contributed by atoms with E-state index in [0.29, 0.717) is 57.4 Å². The van der Waals surface area contributed by atoms with Gasteiger partial charge in [0.1, 0.15) is 5.82 Å². The Morgan fingerprint density at radius 2 is 1.59 bits per heavy atom. The topological polar surface area (TPSA) is 94.8 Å². The molecule has 0 spiro atoms. The van der Waals surface area contributed by atoms with E-state index in [0.717, 1.165) is 24.0 Å². The fourth-order valence-corrected chi connectivity index (χ4v) is 6.02. The molecular formula is C34H35F3N6O3. The number of carbonyl (C=O) groups is 2. The largest absolute Gasteiger partial charge is 0.437 e. The lowest BCUT2D eigenvalue weighted by molar-refractivity contribution is -0.141. The number of alkyl halides is 3. The maximum Gasteiger partial charge on any atom is 0.437 e. The number of aryl methyl sites for hydroxylation is 1. The van der Waals surface area contributed by atoms with Crippen molar-refractivity contribution in [3.63, 3.8) is 0 Å². The van der Waals surface area contributed by atoms with Crippen molar-refractivity contribution >= 4 is 29.3 Å². The molecule has 0 aliphatic carbocycles. The highest BCUT2D eigenvalue weighted by Gasteiger charge is 2.42. The molecule has 2 fully saturated rings. The van der Waals surface area contributed by atoms with Crippen LogP contribution in [0, 0.1) is 6.92 Å². The number of nitrogens with zero attached hydrogens (tertiary/aromatic N) is 5. The number of rotatable bonds is 7. The van der Waals surface area contributed by atoms with E-state index in [9.17, 15) is 22.8 Å². The average molecular weight is 633 g/mol. The summed E-state index contributed by atoms with van der Waals surface area (Å²) >= 11 is 0. The van der Waals surface area contributed by atoms with Crippen molar-refractivity contribution in [3.8, 4) is 0 Å². The van der Waals surface area contributed by atoms with Crippen LogP contribution in [0.3, 0.4) is 0 Å². The zero-order chi connectivity index (χ0) is 32.3. The lowest BCUT2D eigenvalue weighted by atomic mass is 9.90. The number of aromatic nitrogens is 2. The molecular weight excluding hydrogens is 597 g/mol. The molecule has 0 atom stereocenters. The van der Waals surface area contributed by atoms with E-state index in [1.54, 1.807) is 17.0 Å². The Morgan fingerprint density at radius 3 is 2.24 bits per heavy atom. The summed E-state index contributed by atoms with van der Waals surface area (Å²) in [5.74, 6) is -0.932. The van der Waals surface area contributed by atoms with Gasteiger partial charge >= 0.3 is 6.18 Å². The molecule has 0 bridgehead atoms. The van der Waals surface area contributed by atoms with Crippen molar-refractivity contribution in [2.75, 3.05) is 54.4 Å². The van der Waals surface area contributed by atoms with Gasteiger partial charge in [-0.2, -0.15) is 18.2 Å². The lowest BCUT2D eigenvalue weighted by Crippen LogP contribution is -2.49. The van der Waals surface area contributed by atoms with Crippen molar-refractivity contribution in [1.29, 1.82) is 0 Å². The monoisotopic (exact) mass is 632 g/mol. The number of halogens is 3. The third kappa shape index (κ3) is 7.00. The molecule has 4 aromatic rings. The van der Waals surface area contributed by atoms with Crippen LogP contribution >= 0.6 is 0 Å². The number of piperazine rings is 1. The summed E-state index contributed by atoms with van der Waals surface area (Å²) in [4.78, 5) is 39.5. The number of nitrogens with one attached hydrogen (secondary N) is 1. The summed E-state index contributed by atoms with van der Waals surface area (Å²) in [6, 6.07) is 20.9. The first-order valence-corrected chi connectivity index (χ1v) is 15.4. The molecule has 0 radical (unpaired) electrons. The van der Waals surface area contributed by atoms with Gasteiger partial charge in [-0.3, -0.25) is 9.59 Å². The Kier molecular flexibility index (Phi) is 8.96. The quantitative estimate of drug-likeness (QED) is 0.270. The van der Waals surface area contributed by atoms with Crippen molar-refractivity contribution in [1.82, 2.24) is 14.9 Å². The molecule has 2 aromatic heterocycles. The van der Waals surface area contributed by atoms with E-state index in [1.165, 1.54) is 11.8 Å². The number of amides is 2. The van der Waals surface area contributed by atoms with Crippen LogP contribution in [0.5, 0.6) is 0 Å². The van der Waals surface area contributed by atoms with E-state index in [2.05, 4.69) is 15.3 Å². The minimum Gasteiger partial charge on any atom is -0.417 e. The SMILES string of the molecule is Cc1ccccc1CC(=O)N1CCN(c2ccc(NC(=O)c3oc(N4CCC(c5ccccc5)CC4)nc3C(F)(F)F)cn2)CC1. The van der Waals surface area contributed by atoms with Crippen molar-refractivity contribution in [2.24, 2.45) is 0 Å². The van der Waals surface area contributed by atoms with Gasteiger partial charge in [-0.25, -0.2) is 4.98 Å². The van der Waals surface area contributed by atoms with Gasteiger partial charge in [-0.15, -0.1) is 0 Å². The highest BCUT2D eigenvalue weighted by molar-refractivity contribution is 6.03. The second-order valence-corrected chi connectivity index (χ2v) is 11.7. The average Bonchev–Trinajstić information content (AvgIpc) is 3.54. The molecule has 1 N–H and O–H groups in total. The molecule has 4 heterocycles. The van der Waals surface area contributed by atoms with Crippen LogP contribution in [-0.4, -0.2) is 66.0 Å². The van der Waals surface area contributed by atoms with Gasteiger partial charge < -0.3 is 24.4 Å². The summed E-state index contributed by atoms with van der Waals surface area (Å²) in [6.07, 6.45) is -1.67. The normalized spacial score (nSPS) is 16.0. The molecule has 0 unspecified atom stereocenters. The zero-order valence-electron chi connectivity index (χ0n) is 25.5. The van der Waals surface area contributed by atoms with Gasteiger partial charge in [0.2, 0.25) is 11.7 Å². The lowest BCUT2D eigenvalue weighted by Gasteiger charge is -2.35. The summed E-state index contributed by atoms with van der Waals surface area (Å²) < 4.78 is 47.2. The predicted octanol–water partition coefficient (Wildman–Crippen LogP) is 5.92. The Hall–Kier alpha value is -4.87. The third-order valence-electron chi connectivity index (χ3n) is 8.69. The molecule has 240 valence electrons. The van der Waals surface area contributed by atoms with Crippen LogP contribution in [-0.2, 0) is 17.4 Å². The van der Waals surface area contributed by atoms with E-state index in [4.69, 9.17) is 4.42 Å². The first-order chi connectivity index (χ1) is 22.2. The van der Waals surface area contributed by atoms with Crippen molar-refractivity contribution in [3.05, 3.63) is 101 Å². The Balaban J connectivity index is 1.06. The van der Waals surface area contributed by atoms with Crippen LogP contribution in [0.15, 0.2) is 77.3 Å². The van der Waals surface area contributed by atoms with Gasteiger partial charge in [0, 0.05) is 39.3 Å². The van der Waals surface area contributed by atoms with Gasteiger partial charge in [0.05, 0.1) is 18.3 Å². The molecule has 2 aromatic carbocycles. The standard InChI is InChI=1S/C34H35F3N6O3/c1-23-7-5-6-10-26(23)21-29(44)42-19-17-41(18-20-42)28-12-11-27(22-38-28)39-32(45)30-31(34(35,36)37)40-33(46-30)43-15-13-25(14-16-43)24-8-3-2-4-9-24/h2-12,22,25H,13-21H2,1H3,(H,39,45). The number of pyridine rings is 1. The molecule has 2 aliphatic rings. The molecule has 12 heteroatoms. The zero-order valence-corrected chi connectivity index (χ0v) is 25.5. The number of oxazole rings is 1. The number of piperidine rings is 1. The Morgan fingerprint density at radius 1 is 0.891 bits per heavy atom. The van der Waals surface area contributed by atoms with Crippen molar-refractivity contribution < 1.29 is 27.2 Å². The molecule has 2 amide bonds. The number of carbonyl (C=O) groups excluding carboxylic acids is 2. The van der Waals surface area contributed by atoms with E-state index >= 15 is 0 Å². The van der Waals surface area contributed by atoms with Gasteiger partial charge in [-0.05, 0) is 54.5 Å². The summed E-state index contributed by atoms with van der Waals surface area (Å²) in [7, 11) is 0. The molecule has 9 nitrogen and oxygen atoms in total. The minimum absolute atomic E-state index is 0.0745. The second kappa shape index (κ2) is 13.2. The molecule has 46 heavy (non-hydrogen) atoms. The van der Waals surface area contributed by atoms with E-state index < -0.39 is 23.5 Å². The summed E-state index contributed by atoms with van der Waals surface area (Å²) in [5, 5.41) is 2.47. The van der Waals surface area contributed by atoms with Gasteiger partial charge in [0.15, 0.2) is 5.69 Å². The second-order valence-electron chi connectivity index (χ2n) is 11.7. The van der Waals surface area contributed by atoms with E-state index in [1.807, 2.05) is 71.3 Å². The highest BCUT2D eigenvalue weighted by atomic mass is 19.4. The first-order valence-electron chi connectivity index (χ1n) is 15.4. The number of anilines is 3. The number of hydrogen-bond acceptors (Lipinski definition) is 7. The van der Waals surface area contributed by atoms with Crippen molar-refractivity contribution in [2.45, 2.75) is 38.3 Å². The fraction of sp³-hybridized carbons (Fsp3) is 0.353. The summed E-state index contributed by atoms with van der Waals surface area (Å²) in [5.41, 5.74) is 2.15. The Labute approximate surface area is 265 Å². The predicted molar refractivity (Wildman–Crippen MR) is 168 cm³/mol. The molecule has 2 aliphatic heterocycles. The minimum atomic E-state index is -4.87. The highest BCUT2D eigenvalue weighted by Crippen LogP contribution is 2.36. The number of hydrogen-bond donors (Lipinski definition) is 1. The van der Waals surface area contributed by atoms with Crippen LogP contribution < -0.4 is 15.1 Å². The fourth-order valence-electron chi connectivity index (χ4n) is 6.02. The van der Waals surface area contributed by atoms with Crippen LogP contribution in [0.4, 0.5) is 30.7 Å². The third-order valence-corrected chi connectivity index (χ3v) is 8.69. The smallest absolute Gasteiger partial charge is 0.417 e. The number of benzene rings is 2. The van der Waals surface area contributed by atoms with Gasteiger partial charge in [-0.1, -0.05) is 54.6 Å². The first kappa shape index (κ1) is 31.1. The molecule has 6 rings (SSSR count). The van der Waals surface area contributed by atoms with Crippen LogP contribution in [0.1, 0.15) is 51.7 Å². The molecule has 2 saturated heterocycles. The maximum atomic E-state index is 13.9. The maximum absolute atomic E-state index is 13.9. The van der Waals surface area contributed by atoms with E-state index in [-0.39, 0.29) is 17.6 Å². The summed E-state index contributed by atoms with van der Waals surface area (Å²) in [6.45, 7) is 5.16. The van der Waals surface area contributed by atoms with Crippen LogP contribution in [0.25, 0.3) is 0 Å². The van der Waals surface area contributed by atoms with Crippen LogP contribution in [0.2, 0.25) is 0 Å². The van der Waals surface area contributed by atoms with Gasteiger partial charge in [0.25, 0.3) is 11.9 Å². The Bertz CT molecular complexity index is 1660.